The molecule has 5 N–H and O–H groups in total. The van der Waals surface area contributed by atoms with Crippen molar-refractivity contribution in [3.8, 4) is 0 Å². The minimum Gasteiger partial charge on any atom is -0.481 e. The van der Waals surface area contributed by atoms with Gasteiger partial charge in [-0.15, -0.1) is 0 Å². The van der Waals surface area contributed by atoms with Crippen LogP contribution in [0.15, 0.2) is 0 Å². The zero-order chi connectivity index (χ0) is 12.1. The Kier molecular flexibility index (Phi) is 5.24. The molecule has 0 saturated heterocycles. The highest BCUT2D eigenvalue weighted by Gasteiger charge is 2.22. The van der Waals surface area contributed by atoms with Gasteiger partial charge < -0.3 is 21.3 Å². The van der Waals surface area contributed by atoms with Crippen molar-refractivity contribution in [1.29, 1.82) is 0 Å². The third kappa shape index (κ3) is 6.03. The van der Waals surface area contributed by atoms with E-state index in [2.05, 4.69) is 5.32 Å². The van der Waals surface area contributed by atoms with Crippen LogP contribution in [0.1, 0.15) is 26.7 Å². The SMILES string of the molecule is CCC(C)(O)CNC(=O)C(N)CC(=O)O. The van der Waals surface area contributed by atoms with E-state index in [9.17, 15) is 14.7 Å². The minimum absolute atomic E-state index is 0.0651. The van der Waals surface area contributed by atoms with Gasteiger partial charge in [-0.3, -0.25) is 9.59 Å². The summed E-state index contributed by atoms with van der Waals surface area (Å²) in [5, 5.41) is 20.4. The molecular weight excluding hydrogens is 200 g/mol. The monoisotopic (exact) mass is 218 g/mol. The number of carboxylic acid groups (broad SMARTS) is 1. The van der Waals surface area contributed by atoms with Crippen LogP contribution in [0.5, 0.6) is 0 Å². The molecule has 6 nitrogen and oxygen atoms in total. The fourth-order valence-electron chi connectivity index (χ4n) is 0.814. The van der Waals surface area contributed by atoms with Gasteiger partial charge in [0.2, 0.25) is 5.91 Å². The molecule has 2 unspecified atom stereocenters. The number of rotatable bonds is 6. The van der Waals surface area contributed by atoms with Crippen molar-refractivity contribution >= 4 is 11.9 Å². The van der Waals surface area contributed by atoms with E-state index in [4.69, 9.17) is 10.8 Å². The lowest BCUT2D eigenvalue weighted by atomic mass is 10.0. The molecule has 0 rings (SSSR count). The normalized spacial score (nSPS) is 16.5. The van der Waals surface area contributed by atoms with Crippen molar-refractivity contribution in [2.24, 2.45) is 5.73 Å². The maximum absolute atomic E-state index is 11.2. The summed E-state index contributed by atoms with van der Waals surface area (Å²) in [4.78, 5) is 21.5. The van der Waals surface area contributed by atoms with Gasteiger partial charge >= 0.3 is 5.97 Å². The Bertz CT molecular complexity index is 240. The van der Waals surface area contributed by atoms with E-state index in [0.717, 1.165) is 0 Å². The predicted octanol–water partition coefficient (Wildman–Crippen LogP) is -0.934. The number of nitrogens with two attached hydrogens (primary N) is 1. The van der Waals surface area contributed by atoms with Crippen LogP contribution in [-0.4, -0.2) is 40.3 Å². The third-order valence-corrected chi connectivity index (χ3v) is 2.14. The zero-order valence-electron chi connectivity index (χ0n) is 8.99. The van der Waals surface area contributed by atoms with E-state index in [-0.39, 0.29) is 6.54 Å². The first kappa shape index (κ1) is 13.9. The highest BCUT2D eigenvalue weighted by atomic mass is 16.4. The number of hydrogen-bond donors (Lipinski definition) is 4. The first-order valence-electron chi connectivity index (χ1n) is 4.76. The molecule has 2 atom stereocenters. The van der Waals surface area contributed by atoms with Crippen LogP contribution < -0.4 is 11.1 Å². The Balaban J connectivity index is 3.98. The number of nitrogens with one attached hydrogen (secondary N) is 1. The summed E-state index contributed by atoms with van der Waals surface area (Å²) in [7, 11) is 0. The molecule has 0 radical (unpaired) electrons. The van der Waals surface area contributed by atoms with Gasteiger partial charge in [-0.1, -0.05) is 6.92 Å². The molecule has 1 amide bonds. The highest BCUT2D eigenvalue weighted by Crippen LogP contribution is 2.05. The van der Waals surface area contributed by atoms with Crippen molar-refractivity contribution in [3.63, 3.8) is 0 Å². The van der Waals surface area contributed by atoms with E-state index in [0.29, 0.717) is 6.42 Å². The molecule has 0 heterocycles. The van der Waals surface area contributed by atoms with Crippen molar-refractivity contribution in [2.45, 2.75) is 38.3 Å². The molecule has 88 valence electrons. The van der Waals surface area contributed by atoms with Crippen LogP contribution >= 0.6 is 0 Å². The van der Waals surface area contributed by atoms with Crippen LogP contribution in [0.25, 0.3) is 0 Å². The standard InChI is InChI=1S/C9H18N2O4/c1-3-9(2,15)5-11-8(14)6(10)4-7(12)13/h6,15H,3-5,10H2,1-2H3,(H,11,14)(H,12,13). The van der Waals surface area contributed by atoms with Crippen LogP contribution in [0.3, 0.4) is 0 Å². The van der Waals surface area contributed by atoms with Crippen molar-refractivity contribution in [3.05, 3.63) is 0 Å². The van der Waals surface area contributed by atoms with Crippen LogP contribution in [0.4, 0.5) is 0 Å². The smallest absolute Gasteiger partial charge is 0.305 e. The molecule has 15 heavy (non-hydrogen) atoms. The molecule has 6 heteroatoms. The van der Waals surface area contributed by atoms with E-state index in [1.807, 2.05) is 0 Å². The summed E-state index contributed by atoms with van der Waals surface area (Å²) in [6.45, 7) is 3.43. The largest absolute Gasteiger partial charge is 0.481 e. The lowest BCUT2D eigenvalue weighted by Crippen LogP contribution is -2.47. The summed E-state index contributed by atoms with van der Waals surface area (Å²) in [5.41, 5.74) is 4.33. The third-order valence-electron chi connectivity index (χ3n) is 2.14. The van der Waals surface area contributed by atoms with Gasteiger partial charge in [0.1, 0.15) is 0 Å². The van der Waals surface area contributed by atoms with Crippen LogP contribution in [0, 0.1) is 0 Å². The number of amides is 1. The van der Waals surface area contributed by atoms with Crippen LogP contribution in [-0.2, 0) is 9.59 Å². The van der Waals surface area contributed by atoms with Gasteiger partial charge in [0.25, 0.3) is 0 Å². The summed E-state index contributed by atoms with van der Waals surface area (Å²) in [5.74, 6) is -1.69. The molecule has 0 saturated carbocycles. The molecular formula is C9H18N2O4. The molecule has 0 fully saturated rings. The lowest BCUT2D eigenvalue weighted by molar-refractivity contribution is -0.139. The number of aliphatic carboxylic acids is 1. The second kappa shape index (κ2) is 5.67. The lowest BCUT2D eigenvalue weighted by Gasteiger charge is -2.22. The van der Waals surface area contributed by atoms with Gasteiger partial charge in [-0.05, 0) is 13.3 Å². The van der Waals surface area contributed by atoms with E-state index in [1.165, 1.54) is 0 Å². The van der Waals surface area contributed by atoms with E-state index in [1.54, 1.807) is 13.8 Å². The Morgan fingerprint density at radius 1 is 1.53 bits per heavy atom. The Hall–Kier alpha value is -1.14. The molecule has 0 spiro atoms. The zero-order valence-corrected chi connectivity index (χ0v) is 8.99. The molecule has 0 aliphatic rings. The molecule has 0 aromatic carbocycles. The molecule has 0 aliphatic carbocycles. The summed E-state index contributed by atoms with van der Waals surface area (Å²) >= 11 is 0. The average molecular weight is 218 g/mol. The molecule has 0 aliphatic heterocycles. The quantitative estimate of drug-likeness (QED) is 0.460. The summed E-state index contributed by atoms with van der Waals surface area (Å²) in [6.07, 6.45) is 0.0710. The number of hydrogen-bond acceptors (Lipinski definition) is 4. The number of carboxylic acids is 1. The topological polar surface area (TPSA) is 113 Å². The Morgan fingerprint density at radius 2 is 2.07 bits per heavy atom. The average Bonchev–Trinajstić information content (AvgIpc) is 2.13. The second-order valence-electron chi connectivity index (χ2n) is 3.77. The Labute approximate surface area is 88.5 Å². The Morgan fingerprint density at radius 3 is 2.47 bits per heavy atom. The minimum atomic E-state index is -1.13. The number of carbonyl (C=O) groups is 2. The highest BCUT2D eigenvalue weighted by molar-refractivity contribution is 5.85. The fraction of sp³-hybridized carbons (Fsp3) is 0.778. The fourth-order valence-corrected chi connectivity index (χ4v) is 0.814. The maximum atomic E-state index is 11.2. The van der Waals surface area contributed by atoms with E-state index < -0.39 is 29.9 Å². The van der Waals surface area contributed by atoms with Crippen molar-refractivity contribution in [2.75, 3.05) is 6.54 Å². The molecule has 0 aromatic heterocycles. The second-order valence-corrected chi connectivity index (χ2v) is 3.77. The van der Waals surface area contributed by atoms with Gasteiger partial charge in [0.05, 0.1) is 18.1 Å². The summed E-state index contributed by atoms with van der Waals surface area (Å²) < 4.78 is 0. The number of aliphatic hydroxyl groups is 1. The van der Waals surface area contributed by atoms with Crippen molar-refractivity contribution < 1.29 is 19.8 Å². The molecule has 0 bridgehead atoms. The maximum Gasteiger partial charge on any atom is 0.305 e. The van der Waals surface area contributed by atoms with Gasteiger partial charge in [0, 0.05) is 6.54 Å². The first-order chi connectivity index (χ1) is 6.78. The predicted molar refractivity (Wildman–Crippen MR) is 54.2 cm³/mol. The summed E-state index contributed by atoms with van der Waals surface area (Å²) in [6, 6.07) is -1.07. The first-order valence-corrected chi connectivity index (χ1v) is 4.76. The number of carbonyl (C=O) groups excluding carboxylic acids is 1. The van der Waals surface area contributed by atoms with Crippen LogP contribution in [0.2, 0.25) is 0 Å². The van der Waals surface area contributed by atoms with Gasteiger partial charge in [-0.2, -0.15) is 0 Å². The van der Waals surface area contributed by atoms with Crippen molar-refractivity contribution in [1.82, 2.24) is 5.32 Å². The molecule has 0 aromatic rings. The van der Waals surface area contributed by atoms with E-state index >= 15 is 0 Å². The van der Waals surface area contributed by atoms with Gasteiger partial charge in [-0.25, -0.2) is 0 Å². The van der Waals surface area contributed by atoms with Gasteiger partial charge in [0.15, 0.2) is 0 Å².